The second-order valence-electron chi connectivity index (χ2n) is 5.12. The van der Waals surface area contributed by atoms with Crippen LogP contribution in [-0.4, -0.2) is 19.9 Å². The molecule has 1 N–H and O–H groups in total. The summed E-state index contributed by atoms with van der Waals surface area (Å²) in [6.07, 6.45) is 1.56. The van der Waals surface area contributed by atoms with Crippen molar-refractivity contribution in [1.82, 2.24) is 14.8 Å². The zero-order valence-electron chi connectivity index (χ0n) is 12.0. The van der Waals surface area contributed by atoms with Gasteiger partial charge in [0.2, 0.25) is 5.88 Å². The van der Waals surface area contributed by atoms with Gasteiger partial charge in [-0.25, -0.2) is 9.07 Å². The summed E-state index contributed by atoms with van der Waals surface area (Å²) in [6.45, 7) is 0.209. The number of nitrogens with zero attached hydrogens (tertiary/aromatic N) is 3. The summed E-state index contributed by atoms with van der Waals surface area (Å²) in [5.41, 5.74) is 1.57. The van der Waals surface area contributed by atoms with Crippen LogP contribution < -0.4 is 0 Å². The molecule has 23 heavy (non-hydrogen) atoms. The van der Waals surface area contributed by atoms with Gasteiger partial charge in [0.1, 0.15) is 11.5 Å². The Morgan fingerprint density at radius 3 is 2.74 bits per heavy atom. The van der Waals surface area contributed by atoms with Crippen molar-refractivity contribution >= 4 is 11.0 Å². The maximum absolute atomic E-state index is 13.9. The third-order valence-corrected chi connectivity index (χ3v) is 3.61. The molecule has 0 aliphatic heterocycles. The van der Waals surface area contributed by atoms with Gasteiger partial charge >= 0.3 is 0 Å². The number of benzene rings is 1. The Hall–Kier alpha value is -3.15. The smallest absolute Gasteiger partial charge is 0.212 e. The van der Waals surface area contributed by atoms with E-state index < -0.39 is 0 Å². The summed E-state index contributed by atoms with van der Waals surface area (Å²) in [4.78, 5) is 4.12. The second kappa shape index (κ2) is 5.24. The standard InChI is InChI=1S/C17H12FN3O2/c18-13-5-2-1-4-11(13)10-21-17-12(7-8-15(22)19-17)16(20-21)14-6-3-9-23-14/h1-9H,10H2,(H,19,22). The van der Waals surface area contributed by atoms with Gasteiger partial charge in [0, 0.05) is 11.6 Å². The fraction of sp³-hybridized carbons (Fsp3) is 0.0588. The zero-order valence-corrected chi connectivity index (χ0v) is 12.0. The molecule has 6 heteroatoms. The summed E-state index contributed by atoms with van der Waals surface area (Å²) in [5.74, 6) is 0.170. The third-order valence-electron chi connectivity index (χ3n) is 3.61. The molecule has 4 aromatic rings. The van der Waals surface area contributed by atoms with Crippen molar-refractivity contribution in [3.63, 3.8) is 0 Å². The maximum Gasteiger partial charge on any atom is 0.212 e. The Bertz CT molecular complexity index is 977. The molecule has 0 bridgehead atoms. The Kier molecular flexibility index (Phi) is 3.08. The highest BCUT2D eigenvalue weighted by Gasteiger charge is 2.17. The monoisotopic (exact) mass is 309 g/mol. The van der Waals surface area contributed by atoms with Crippen LogP contribution in [0, 0.1) is 5.82 Å². The molecule has 5 nitrogen and oxygen atoms in total. The molecule has 3 heterocycles. The van der Waals surface area contributed by atoms with E-state index in [2.05, 4.69) is 10.1 Å². The Morgan fingerprint density at radius 1 is 1.09 bits per heavy atom. The fourth-order valence-corrected chi connectivity index (χ4v) is 2.54. The van der Waals surface area contributed by atoms with Gasteiger partial charge in [0.25, 0.3) is 0 Å². The average Bonchev–Trinajstić information content (AvgIpc) is 3.17. The van der Waals surface area contributed by atoms with Crippen molar-refractivity contribution < 1.29 is 13.9 Å². The number of fused-ring (bicyclic) bond motifs is 1. The average molecular weight is 309 g/mol. The van der Waals surface area contributed by atoms with Crippen molar-refractivity contribution in [3.05, 3.63) is 66.2 Å². The van der Waals surface area contributed by atoms with Gasteiger partial charge in [-0.1, -0.05) is 18.2 Å². The first-order valence-corrected chi connectivity index (χ1v) is 7.06. The number of aromatic nitrogens is 3. The van der Waals surface area contributed by atoms with Gasteiger partial charge in [-0.05, 0) is 24.3 Å². The molecule has 3 aromatic heterocycles. The lowest BCUT2D eigenvalue weighted by Crippen LogP contribution is -2.04. The van der Waals surface area contributed by atoms with Crippen molar-refractivity contribution in [2.45, 2.75) is 6.54 Å². The summed E-state index contributed by atoms with van der Waals surface area (Å²) in [5, 5.41) is 14.9. The lowest BCUT2D eigenvalue weighted by molar-refractivity contribution is 0.454. The minimum absolute atomic E-state index is 0.113. The molecule has 4 rings (SSSR count). The van der Waals surface area contributed by atoms with Crippen LogP contribution in [0.5, 0.6) is 5.88 Å². The molecule has 0 amide bonds. The SMILES string of the molecule is Oc1ccc2c(-c3ccco3)nn(Cc3ccccc3F)c2n1. The van der Waals surface area contributed by atoms with Crippen LogP contribution in [0.25, 0.3) is 22.5 Å². The topological polar surface area (TPSA) is 64.1 Å². The number of pyridine rings is 1. The predicted molar refractivity (Wildman–Crippen MR) is 82.4 cm³/mol. The minimum Gasteiger partial charge on any atom is -0.493 e. The molecule has 114 valence electrons. The largest absolute Gasteiger partial charge is 0.493 e. The summed E-state index contributed by atoms with van der Waals surface area (Å²) in [7, 11) is 0. The van der Waals surface area contributed by atoms with E-state index in [0.29, 0.717) is 22.7 Å². The summed E-state index contributed by atoms with van der Waals surface area (Å²) >= 11 is 0. The lowest BCUT2D eigenvalue weighted by atomic mass is 10.2. The van der Waals surface area contributed by atoms with Crippen LogP contribution >= 0.6 is 0 Å². The van der Waals surface area contributed by atoms with Gasteiger partial charge in [-0.15, -0.1) is 0 Å². The normalized spacial score (nSPS) is 11.2. The van der Waals surface area contributed by atoms with Gasteiger partial charge in [-0.3, -0.25) is 0 Å². The number of furan rings is 1. The van der Waals surface area contributed by atoms with E-state index in [1.807, 2.05) is 0 Å². The zero-order chi connectivity index (χ0) is 15.8. The molecule has 0 saturated carbocycles. The van der Waals surface area contributed by atoms with Crippen molar-refractivity contribution in [1.29, 1.82) is 0 Å². The van der Waals surface area contributed by atoms with E-state index in [1.54, 1.807) is 47.3 Å². The first kappa shape index (κ1) is 13.5. The quantitative estimate of drug-likeness (QED) is 0.628. The molecule has 0 fully saturated rings. The molecule has 1 aromatic carbocycles. The molecule has 0 aliphatic carbocycles. The first-order valence-electron chi connectivity index (χ1n) is 7.06. The molecule has 0 spiro atoms. The number of hydrogen-bond donors (Lipinski definition) is 1. The van der Waals surface area contributed by atoms with Crippen molar-refractivity contribution in [3.8, 4) is 17.3 Å². The maximum atomic E-state index is 13.9. The van der Waals surface area contributed by atoms with E-state index in [-0.39, 0.29) is 18.2 Å². The number of halogens is 1. The van der Waals surface area contributed by atoms with E-state index in [0.717, 1.165) is 5.39 Å². The van der Waals surface area contributed by atoms with Crippen LogP contribution in [0.4, 0.5) is 4.39 Å². The van der Waals surface area contributed by atoms with Gasteiger partial charge in [0.05, 0.1) is 18.2 Å². The van der Waals surface area contributed by atoms with Crippen LogP contribution in [-0.2, 0) is 6.54 Å². The Balaban J connectivity index is 1.89. The molecule has 0 atom stereocenters. The highest BCUT2D eigenvalue weighted by molar-refractivity contribution is 5.90. The highest BCUT2D eigenvalue weighted by atomic mass is 19.1. The van der Waals surface area contributed by atoms with E-state index >= 15 is 0 Å². The van der Waals surface area contributed by atoms with Crippen molar-refractivity contribution in [2.75, 3.05) is 0 Å². The highest BCUT2D eigenvalue weighted by Crippen LogP contribution is 2.29. The van der Waals surface area contributed by atoms with E-state index in [1.165, 1.54) is 12.1 Å². The van der Waals surface area contributed by atoms with Crippen molar-refractivity contribution in [2.24, 2.45) is 0 Å². The number of hydrogen-bond acceptors (Lipinski definition) is 4. The van der Waals surface area contributed by atoms with Crippen LogP contribution in [0.15, 0.2) is 59.2 Å². The minimum atomic E-state index is -0.309. The second-order valence-corrected chi connectivity index (χ2v) is 5.12. The third kappa shape index (κ3) is 2.34. The number of rotatable bonds is 3. The lowest BCUT2D eigenvalue weighted by Gasteiger charge is -2.04. The van der Waals surface area contributed by atoms with Crippen LogP contribution in [0.3, 0.4) is 0 Å². The molecular formula is C17H12FN3O2. The Labute approximate surface area is 130 Å². The predicted octanol–water partition coefficient (Wildman–Crippen LogP) is 3.58. The molecule has 0 aliphatic rings. The van der Waals surface area contributed by atoms with Crippen LogP contribution in [0.2, 0.25) is 0 Å². The van der Waals surface area contributed by atoms with Gasteiger partial charge in [0.15, 0.2) is 11.4 Å². The summed E-state index contributed by atoms with van der Waals surface area (Å²) < 4.78 is 20.9. The van der Waals surface area contributed by atoms with Gasteiger partial charge < -0.3 is 9.52 Å². The van der Waals surface area contributed by atoms with Crippen LogP contribution in [0.1, 0.15) is 5.56 Å². The van der Waals surface area contributed by atoms with E-state index in [4.69, 9.17) is 4.42 Å². The first-order chi connectivity index (χ1) is 11.2. The fourth-order valence-electron chi connectivity index (χ4n) is 2.54. The van der Waals surface area contributed by atoms with Gasteiger partial charge in [-0.2, -0.15) is 10.1 Å². The summed E-state index contributed by atoms with van der Waals surface area (Å²) in [6, 6.07) is 13.3. The molecule has 0 radical (unpaired) electrons. The molecule has 0 saturated heterocycles. The number of aromatic hydroxyl groups is 1. The molecule has 0 unspecified atom stereocenters. The molecular weight excluding hydrogens is 297 g/mol. The Morgan fingerprint density at radius 2 is 1.96 bits per heavy atom. The van der Waals surface area contributed by atoms with E-state index in [9.17, 15) is 9.50 Å².